The summed E-state index contributed by atoms with van der Waals surface area (Å²) in [5.41, 5.74) is 1.13. The highest BCUT2D eigenvalue weighted by molar-refractivity contribution is 9.10. The second-order valence-electron chi connectivity index (χ2n) is 4.43. The van der Waals surface area contributed by atoms with E-state index in [0.717, 1.165) is 36.2 Å². The number of nitriles is 1. The Bertz CT molecular complexity index is 487. The third-order valence-corrected chi connectivity index (χ3v) is 4.09. The zero-order valence-corrected chi connectivity index (χ0v) is 14.3. The van der Waals surface area contributed by atoms with E-state index in [1.54, 1.807) is 6.07 Å². The third-order valence-electron chi connectivity index (χ3n) is 3.40. The summed E-state index contributed by atoms with van der Waals surface area (Å²) in [5, 5.41) is 22.5. The average molecular weight is 383 g/mol. The average Bonchev–Trinajstić information content (AvgIpc) is 2.40. The molecule has 1 fully saturated rings. The molecule has 0 aliphatic carbocycles. The Labute approximate surface area is 140 Å². The van der Waals surface area contributed by atoms with Gasteiger partial charge in [0.2, 0.25) is 0 Å². The molecular weight excluding hydrogens is 365 g/mol. The summed E-state index contributed by atoms with van der Waals surface area (Å²) >= 11 is 3.47. The molecule has 20 heavy (non-hydrogen) atoms. The number of nitrogens with one attached hydrogen (secondary N) is 1. The molecule has 1 saturated heterocycles. The first-order valence-electron chi connectivity index (χ1n) is 6.01. The van der Waals surface area contributed by atoms with Gasteiger partial charge in [-0.25, -0.2) is 0 Å². The van der Waals surface area contributed by atoms with Crippen LogP contribution in [-0.2, 0) is 0 Å². The summed E-state index contributed by atoms with van der Waals surface area (Å²) in [6, 6.07) is 5.57. The highest BCUT2D eigenvalue weighted by Gasteiger charge is 2.23. The molecule has 7 heteroatoms. The van der Waals surface area contributed by atoms with Crippen LogP contribution < -0.4 is 5.32 Å². The summed E-state index contributed by atoms with van der Waals surface area (Å²) in [7, 11) is 0. The molecule has 1 aliphatic rings. The van der Waals surface area contributed by atoms with Crippen molar-refractivity contribution in [1.29, 1.82) is 5.26 Å². The zero-order chi connectivity index (χ0) is 13.1. The molecule has 4 nitrogen and oxygen atoms in total. The van der Waals surface area contributed by atoms with Gasteiger partial charge in [0.15, 0.2) is 0 Å². The predicted octanol–water partition coefficient (Wildman–Crippen LogP) is 2.84. The van der Waals surface area contributed by atoms with Crippen molar-refractivity contribution in [2.45, 2.75) is 13.0 Å². The van der Waals surface area contributed by atoms with Crippen LogP contribution >= 0.6 is 40.7 Å². The maximum Gasteiger partial charge on any atom is 0.139 e. The smallest absolute Gasteiger partial charge is 0.139 e. The molecule has 0 aromatic heterocycles. The number of piperazine rings is 1. The van der Waals surface area contributed by atoms with E-state index in [0.29, 0.717) is 5.56 Å². The van der Waals surface area contributed by atoms with Crippen molar-refractivity contribution < 1.29 is 5.11 Å². The highest BCUT2D eigenvalue weighted by atomic mass is 79.9. The number of nitrogens with zero attached hydrogens (tertiary/aromatic N) is 2. The third kappa shape index (κ3) is 4.00. The first kappa shape index (κ1) is 19.5. The van der Waals surface area contributed by atoms with E-state index in [9.17, 15) is 5.11 Å². The molecule has 2 rings (SSSR count). The van der Waals surface area contributed by atoms with Gasteiger partial charge in [0, 0.05) is 42.3 Å². The van der Waals surface area contributed by atoms with E-state index in [4.69, 9.17) is 5.26 Å². The molecule has 1 aromatic rings. The minimum Gasteiger partial charge on any atom is -0.506 e. The highest BCUT2D eigenvalue weighted by Crippen LogP contribution is 2.36. The molecule has 0 bridgehead atoms. The Morgan fingerprint density at radius 2 is 1.95 bits per heavy atom. The Balaban J connectivity index is 0.00000180. The Kier molecular flexibility index (Phi) is 8.48. The van der Waals surface area contributed by atoms with Gasteiger partial charge in [-0.3, -0.25) is 4.90 Å². The van der Waals surface area contributed by atoms with Crippen LogP contribution in [-0.4, -0.2) is 36.2 Å². The maximum absolute atomic E-state index is 10.2. The predicted molar refractivity (Wildman–Crippen MR) is 87.9 cm³/mol. The molecule has 2 N–H and O–H groups in total. The Morgan fingerprint density at radius 3 is 2.50 bits per heavy atom. The van der Waals surface area contributed by atoms with E-state index in [-0.39, 0.29) is 36.6 Å². The number of phenolic OH excluding ortho intramolecular Hbond substituents is 1. The number of halogens is 3. The van der Waals surface area contributed by atoms with Crippen LogP contribution in [0.2, 0.25) is 0 Å². The second kappa shape index (κ2) is 8.71. The van der Waals surface area contributed by atoms with Gasteiger partial charge in [-0.05, 0) is 19.1 Å². The van der Waals surface area contributed by atoms with Crippen molar-refractivity contribution in [2.75, 3.05) is 26.2 Å². The van der Waals surface area contributed by atoms with Crippen molar-refractivity contribution in [3.05, 3.63) is 27.7 Å². The lowest BCUT2D eigenvalue weighted by molar-refractivity contribution is 0.182. The molecular formula is C13H18BrCl2N3O. The van der Waals surface area contributed by atoms with Crippen molar-refractivity contribution in [3.63, 3.8) is 0 Å². The molecule has 112 valence electrons. The standard InChI is InChI=1S/C13H16BrN3O.2ClH/c1-9(17-6-4-16-5-7-17)12-11(14)3-2-10(8-15)13(12)18;;/h2-3,9,16,18H,4-7H2,1H3;2*1H/t9-;;/m0../s1. The number of rotatable bonds is 2. The lowest BCUT2D eigenvalue weighted by atomic mass is 10.0. The molecule has 0 radical (unpaired) electrons. The van der Waals surface area contributed by atoms with E-state index < -0.39 is 0 Å². The summed E-state index contributed by atoms with van der Waals surface area (Å²) in [6.45, 7) is 5.88. The van der Waals surface area contributed by atoms with Crippen molar-refractivity contribution in [2.24, 2.45) is 0 Å². The van der Waals surface area contributed by atoms with Gasteiger partial charge in [0.25, 0.3) is 0 Å². The SMILES string of the molecule is C[C@@H](c1c(Br)ccc(C#N)c1O)N1CCNCC1.Cl.Cl. The van der Waals surface area contributed by atoms with Crippen LogP contribution in [0.25, 0.3) is 0 Å². The molecule has 1 heterocycles. The monoisotopic (exact) mass is 381 g/mol. The largest absolute Gasteiger partial charge is 0.506 e. The van der Waals surface area contributed by atoms with E-state index in [1.807, 2.05) is 12.1 Å². The van der Waals surface area contributed by atoms with Gasteiger partial charge in [0.05, 0.1) is 5.56 Å². The first-order valence-corrected chi connectivity index (χ1v) is 6.80. The summed E-state index contributed by atoms with van der Waals surface area (Å²) in [4.78, 5) is 2.30. The molecule has 1 aliphatic heterocycles. The van der Waals surface area contributed by atoms with Crippen molar-refractivity contribution in [3.8, 4) is 11.8 Å². The normalized spacial score (nSPS) is 16.4. The first-order chi connectivity index (χ1) is 8.65. The minimum absolute atomic E-state index is 0. The molecule has 0 saturated carbocycles. The Hall–Kier alpha value is -0.510. The molecule has 0 spiro atoms. The summed E-state index contributed by atoms with van der Waals surface area (Å²) in [6.07, 6.45) is 0. The van der Waals surface area contributed by atoms with Gasteiger partial charge >= 0.3 is 0 Å². The molecule has 0 unspecified atom stereocenters. The van der Waals surface area contributed by atoms with Crippen LogP contribution in [0.1, 0.15) is 24.1 Å². The lowest BCUT2D eigenvalue weighted by Crippen LogP contribution is -2.44. The van der Waals surface area contributed by atoms with Gasteiger partial charge in [-0.1, -0.05) is 15.9 Å². The number of hydrogen-bond acceptors (Lipinski definition) is 4. The minimum atomic E-state index is 0. The number of benzene rings is 1. The quantitative estimate of drug-likeness (QED) is 0.825. The maximum atomic E-state index is 10.2. The van der Waals surface area contributed by atoms with Gasteiger partial charge in [-0.15, -0.1) is 24.8 Å². The van der Waals surface area contributed by atoms with Crippen LogP contribution in [0.5, 0.6) is 5.75 Å². The number of phenols is 1. The molecule has 1 atom stereocenters. The summed E-state index contributed by atoms with van der Waals surface area (Å²) < 4.78 is 0.852. The van der Waals surface area contributed by atoms with Crippen LogP contribution in [0.3, 0.4) is 0 Å². The van der Waals surface area contributed by atoms with Crippen LogP contribution in [0.4, 0.5) is 0 Å². The van der Waals surface area contributed by atoms with Crippen LogP contribution in [0.15, 0.2) is 16.6 Å². The van der Waals surface area contributed by atoms with E-state index >= 15 is 0 Å². The fraction of sp³-hybridized carbons (Fsp3) is 0.462. The van der Waals surface area contributed by atoms with E-state index in [2.05, 4.69) is 33.1 Å². The van der Waals surface area contributed by atoms with Gasteiger partial charge in [0.1, 0.15) is 11.8 Å². The topological polar surface area (TPSA) is 59.3 Å². The Morgan fingerprint density at radius 1 is 1.35 bits per heavy atom. The van der Waals surface area contributed by atoms with Crippen molar-refractivity contribution in [1.82, 2.24) is 10.2 Å². The number of aromatic hydroxyl groups is 1. The summed E-state index contributed by atoms with van der Waals surface area (Å²) in [5.74, 6) is 0.0953. The second-order valence-corrected chi connectivity index (χ2v) is 5.29. The molecule has 1 aromatic carbocycles. The number of hydrogen-bond donors (Lipinski definition) is 2. The molecule has 0 amide bonds. The van der Waals surface area contributed by atoms with Crippen LogP contribution in [0, 0.1) is 11.3 Å². The van der Waals surface area contributed by atoms with Gasteiger partial charge < -0.3 is 10.4 Å². The van der Waals surface area contributed by atoms with Gasteiger partial charge in [-0.2, -0.15) is 5.26 Å². The fourth-order valence-corrected chi connectivity index (χ4v) is 2.97. The van der Waals surface area contributed by atoms with E-state index in [1.165, 1.54) is 0 Å². The zero-order valence-electron chi connectivity index (χ0n) is 11.1. The fourth-order valence-electron chi connectivity index (χ4n) is 2.32. The van der Waals surface area contributed by atoms with Crippen molar-refractivity contribution >= 4 is 40.7 Å². The lowest BCUT2D eigenvalue weighted by Gasteiger charge is -2.33.